The fourth-order valence-corrected chi connectivity index (χ4v) is 1.80. The van der Waals surface area contributed by atoms with Crippen LogP contribution in [-0.4, -0.2) is 4.98 Å². The maximum Gasteiger partial charge on any atom is 0.433 e. The molecule has 1 N–H and O–H groups in total. The number of hydrogen-bond acceptors (Lipinski definition) is 3. The van der Waals surface area contributed by atoms with E-state index in [4.69, 9.17) is 5.26 Å². The minimum absolute atomic E-state index is 0.0592. The molecule has 0 unspecified atom stereocenters. The van der Waals surface area contributed by atoms with E-state index in [-0.39, 0.29) is 11.4 Å². The van der Waals surface area contributed by atoms with Crippen LogP contribution in [0.4, 0.5) is 24.7 Å². The molecule has 1 aromatic carbocycles. The van der Waals surface area contributed by atoms with Gasteiger partial charge in [-0.2, -0.15) is 18.4 Å². The van der Waals surface area contributed by atoms with E-state index < -0.39 is 11.9 Å². The van der Waals surface area contributed by atoms with Crippen molar-refractivity contribution in [1.29, 1.82) is 5.26 Å². The zero-order valence-corrected chi connectivity index (χ0v) is 11.4. The van der Waals surface area contributed by atoms with Gasteiger partial charge in [-0.25, -0.2) is 4.98 Å². The van der Waals surface area contributed by atoms with E-state index in [1.165, 1.54) is 0 Å². The number of anilines is 2. The molecule has 0 amide bonds. The van der Waals surface area contributed by atoms with Crippen LogP contribution in [0.1, 0.15) is 22.4 Å². The van der Waals surface area contributed by atoms with E-state index in [1.54, 1.807) is 6.07 Å². The summed E-state index contributed by atoms with van der Waals surface area (Å²) in [6.07, 6.45) is -4.55. The summed E-state index contributed by atoms with van der Waals surface area (Å²) in [6, 6.07) is 9.28. The van der Waals surface area contributed by atoms with Gasteiger partial charge in [0.2, 0.25) is 0 Å². The summed E-state index contributed by atoms with van der Waals surface area (Å²) < 4.78 is 38.1. The van der Waals surface area contributed by atoms with Crippen LogP contribution in [0, 0.1) is 25.2 Å². The van der Waals surface area contributed by atoms with E-state index in [2.05, 4.69) is 10.3 Å². The van der Waals surface area contributed by atoms with Gasteiger partial charge in [0, 0.05) is 5.69 Å². The van der Waals surface area contributed by atoms with Crippen molar-refractivity contribution in [1.82, 2.24) is 4.98 Å². The second-order valence-electron chi connectivity index (χ2n) is 4.65. The van der Waals surface area contributed by atoms with Crippen LogP contribution in [-0.2, 0) is 6.18 Å². The van der Waals surface area contributed by atoms with Crippen molar-refractivity contribution in [3.05, 3.63) is 52.7 Å². The Bertz CT molecular complexity index is 715. The van der Waals surface area contributed by atoms with Crippen LogP contribution >= 0.6 is 0 Å². The van der Waals surface area contributed by atoms with Crippen molar-refractivity contribution >= 4 is 11.5 Å². The molecule has 0 spiro atoms. The average molecular weight is 291 g/mol. The molecule has 21 heavy (non-hydrogen) atoms. The Morgan fingerprint density at radius 1 is 1.14 bits per heavy atom. The molecule has 108 valence electrons. The number of alkyl halides is 3. The van der Waals surface area contributed by atoms with Crippen molar-refractivity contribution in [2.45, 2.75) is 20.0 Å². The van der Waals surface area contributed by atoms with Crippen molar-refractivity contribution in [3.8, 4) is 6.07 Å². The highest BCUT2D eigenvalue weighted by atomic mass is 19.4. The summed E-state index contributed by atoms with van der Waals surface area (Å²) in [6.45, 7) is 3.69. The molecule has 1 heterocycles. The van der Waals surface area contributed by atoms with Gasteiger partial charge in [-0.15, -0.1) is 0 Å². The van der Waals surface area contributed by atoms with Gasteiger partial charge in [-0.1, -0.05) is 12.1 Å². The Labute approximate surface area is 120 Å². The number of aromatic nitrogens is 1. The quantitative estimate of drug-likeness (QED) is 0.895. The van der Waals surface area contributed by atoms with Gasteiger partial charge in [-0.05, 0) is 43.2 Å². The van der Waals surface area contributed by atoms with Crippen molar-refractivity contribution < 1.29 is 13.2 Å². The summed E-state index contributed by atoms with van der Waals surface area (Å²) in [4.78, 5) is 3.52. The molecule has 0 bridgehead atoms. The van der Waals surface area contributed by atoms with Crippen molar-refractivity contribution in [2.75, 3.05) is 5.32 Å². The predicted molar refractivity (Wildman–Crippen MR) is 73.2 cm³/mol. The number of pyridine rings is 1. The number of benzene rings is 1. The SMILES string of the molecule is Cc1ccc(C)c(Nc2nc(C(F)(F)F)ccc2C#N)c1. The maximum absolute atomic E-state index is 12.7. The smallest absolute Gasteiger partial charge is 0.339 e. The molecule has 0 radical (unpaired) electrons. The molecule has 0 atom stereocenters. The summed E-state index contributed by atoms with van der Waals surface area (Å²) in [5.74, 6) is -0.0963. The van der Waals surface area contributed by atoms with Crippen LogP contribution in [0.3, 0.4) is 0 Å². The number of nitrogens with zero attached hydrogens (tertiary/aromatic N) is 2. The molecule has 0 aliphatic carbocycles. The standard InChI is InChI=1S/C15H12F3N3/c1-9-3-4-10(2)12(7-9)20-14-11(8-19)5-6-13(21-14)15(16,17)18/h3-7H,1-2H3,(H,20,21). The predicted octanol–water partition coefficient (Wildman–Crippen LogP) is 4.33. The molecule has 0 aliphatic rings. The van der Waals surface area contributed by atoms with Crippen LogP contribution < -0.4 is 5.32 Å². The van der Waals surface area contributed by atoms with E-state index in [0.29, 0.717) is 5.69 Å². The van der Waals surface area contributed by atoms with E-state index in [0.717, 1.165) is 23.3 Å². The average Bonchev–Trinajstić information content (AvgIpc) is 2.42. The molecule has 6 heteroatoms. The van der Waals surface area contributed by atoms with Crippen LogP contribution in [0.5, 0.6) is 0 Å². The number of rotatable bonds is 2. The third kappa shape index (κ3) is 3.31. The molecule has 0 saturated carbocycles. The van der Waals surface area contributed by atoms with Gasteiger partial charge >= 0.3 is 6.18 Å². The number of hydrogen-bond donors (Lipinski definition) is 1. The van der Waals surface area contributed by atoms with Crippen LogP contribution in [0.15, 0.2) is 30.3 Å². The molecule has 0 saturated heterocycles. The highest BCUT2D eigenvalue weighted by molar-refractivity contribution is 5.66. The highest BCUT2D eigenvalue weighted by Crippen LogP contribution is 2.30. The van der Waals surface area contributed by atoms with Gasteiger partial charge in [0.25, 0.3) is 0 Å². The first kappa shape index (κ1) is 14.9. The van der Waals surface area contributed by atoms with Gasteiger partial charge < -0.3 is 5.32 Å². The van der Waals surface area contributed by atoms with Gasteiger partial charge in [0.15, 0.2) is 0 Å². The molecule has 2 aromatic rings. The zero-order chi connectivity index (χ0) is 15.6. The lowest BCUT2D eigenvalue weighted by atomic mass is 10.1. The summed E-state index contributed by atoms with van der Waals surface area (Å²) in [5.41, 5.74) is 1.45. The third-order valence-electron chi connectivity index (χ3n) is 2.95. The number of halogens is 3. The lowest BCUT2D eigenvalue weighted by Crippen LogP contribution is -2.10. The number of nitrogens with one attached hydrogen (secondary N) is 1. The largest absolute Gasteiger partial charge is 0.433 e. The molecule has 0 aliphatic heterocycles. The van der Waals surface area contributed by atoms with E-state index in [9.17, 15) is 13.2 Å². The Morgan fingerprint density at radius 2 is 1.86 bits per heavy atom. The fourth-order valence-electron chi connectivity index (χ4n) is 1.80. The molecular formula is C15H12F3N3. The first-order chi connectivity index (χ1) is 9.81. The Kier molecular flexibility index (Phi) is 3.85. The fraction of sp³-hybridized carbons (Fsp3) is 0.200. The lowest BCUT2D eigenvalue weighted by molar-refractivity contribution is -0.141. The van der Waals surface area contributed by atoms with E-state index >= 15 is 0 Å². The first-order valence-electron chi connectivity index (χ1n) is 6.14. The molecule has 1 aromatic heterocycles. The van der Waals surface area contributed by atoms with Crippen molar-refractivity contribution in [2.24, 2.45) is 0 Å². The van der Waals surface area contributed by atoms with Gasteiger partial charge in [0.1, 0.15) is 17.6 Å². The Balaban J connectivity index is 2.47. The monoisotopic (exact) mass is 291 g/mol. The third-order valence-corrected chi connectivity index (χ3v) is 2.95. The number of nitriles is 1. The lowest BCUT2D eigenvalue weighted by Gasteiger charge is -2.13. The van der Waals surface area contributed by atoms with Gasteiger partial charge in [-0.3, -0.25) is 0 Å². The minimum Gasteiger partial charge on any atom is -0.339 e. The molecule has 3 nitrogen and oxygen atoms in total. The van der Waals surface area contributed by atoms with Crippen molar-refractivity contribution in [3.63, 3.8) is 0 Å². The molecular weight excluding hydrogens is 279 g/mol. The topological polar surface area (TPSA) is 48.7 Å². The summed E-state index contributed by atoms with van der Waals surface area (Å²) in [5, 5.41) is 11.8. The summed E-state index contributed by atoms with van der Waals surface area (Å²) >= 11 is 0. The van der Waals surface area contributed by atoms with Crippen LogP contribution in [0.2, 0.25) is 0 Å². The number of aryl methyl sites for hydroxylation is 2. The maximum atomic E-state index is 12.7. The normalized spacial score (nSPS) is 11.0. The van der Waals surface area contributed by atoms with Gasteiger partial charge in [0.05, 0.1) is 5.56 Å². The molecule has 2 rings (SSSR count). The summed E-state index contributed by atoms with van der Waals surface area (Å²) in [7, 11) is 0. The second kappa shape index (κ2) is 5.44. The second-order valence-corrected chi connectivity index (χ2v) is 4.65. The van der Waals surface area contributed by atoms with E-state index in [1.807, 2.05) is 32.0 Å². The zero-order valence-electron chi connectivity index (χ0n) is 11.4. The highest BCUT2D eigenvalue weighted by Gasteiger charge is 2.33. The minimum atomic E-state index is -4.55. The Morgan fingerprint density at radius 3 is 2.48 bits per heavy atom. The molecule has 0 fully saturated rings. The Hall–Kier alpha value is -2.55. The first-order valence-corrected chi connectivity index (χ1v) is 6.14. The van der Waals surface area contributed by atoms with Crippen LogP contribution in [0.25, 0.3) is 0 Å².